The van der Waals surface area contributed by atoms with Gasteiger partial charge in [-0.15, -0.1) is 10.2 Å². The molecule has 84 valence electrons. The minimum Gasteiger partial charge on any atom is -0.360 e. The summed E-state index contributed by atoms with van der Waals surface area (Å²) in [6.45, 7) is 11.6. The van der Waals surface area contributed by atoms with Crippen LogP contribution in [0.4, 0.5) is 5.13 Å². The highest BCUT2D eigenvalue weighted by Crippen LogP contribution is 2.23. The highest BCUT2D eigenvalue weighted by atomic mass is 32.1. The first-order chi connectivity index (χ1) is 6.92. The molecule has 0 aliphatic rings. The van der Waals surface area contributed by atoms with Gasteiger partial charge in [0.2, 0.25) is 5.13 Å². The molecule has 1 aromatic rings. The van der Waals surface area contributed by atoms with E-state index in [4.69, 9.17) is 0 Å². The van der Waals surface area contributed by atoms with Crippen molar-refractivity contribution in [3.63, 3.8) is 0 Å². The first kappa shape index (κ1) is 12.2. The molecule has 15 heavy (non-hydrogen) atoms. The molecule has 0 bridgehead atoms. The van der Waals surface area contributed by atoms with E-state index < -0.39 is 0 Å². The van der Waals surface area contributed by atoms with E-state index in [0.29, 0.717) is 0 Å². The molecule has 4 heteroatoms. The molecule has 3 nitrogen and oxygen atoms in total. The van der Waals surface area contributed by atoms with Crippen molar-refractivity contribution >= 4 is 22.0 Å². The van der Waals surface area contributed by atoms with Crippen LogP contribution < -0.4 is 5.32 Å². The van der Waals surface area contributed by atoms with Gasteiger partial charge >= 0.3 is 0 Å². The number of hydrogen-bond donors (Lipinski definition) is 1. The molecule has 0 aliphatic heterocycles. The van der Waals surface area contributed by atoms with E-state index in [9.17, 15) is 0 Å². The Hall–Kier alpha value is -0.900. The average Bonchev–Trinajstić information content (AvgIpc) is 2.61. The summed E-state index contributed by atoms with van der Waals surface area (Å²) < 4.78 is 0. The van der Waals surface area contributed by atoms with Gasteiger partial charge in [-0.2, -0.15) is 0 Å². The van der Waals surface area contributed by atoms with E-state index in [1.807, 2.05) is 19.9 Å². The molecule has 0 amide bonds. The van der Waals surface area contributed by atoms with Crippen molar-refractivity contribution in [2.45, 2.75) is 34.6 Å². The van der Waals surface area contributed by atoms with Crippen molar-refractivity contribution in [1.82, 2.24) is 10.2 Å². The van der Waals surface area contributed by atoms with Gasteiger partial charge in [0.05, 0.1) is 0 Å². The van der Waals surface area contributed by atoms with Crippen LogP contribution in [-0.2, 0) is 0 Å². The molecule has 0 unspecified atom stereocenters. The molecule has 1 rings (SSSR count). The number of anilines is 1. The Labute approximate surface area is 95.6 Å². The lowest BCUT2D eigenvalue weighted by atomic mass is 9.97. The van der Waals surface area contributed by atoms with Gasteiger partial charge in [0.15, 0.2) is 0 Å². The summed E-state index contributed by atoms with van der Waals surface area (Å²) in [6.07, 6.45) is 2.05. The number of allylic oxidation sites excluding steroid dienone is 2. The van der Waals surface area contributed by atoms with Crippen LogP contribution in [0.1, 0.15) is 39.6 Å². The van der Waals surface area contributed by atoms with E-state index in [0.717, 1.165) is 16.7 Å². The van der Waals surface area contributed by atoms with Gasteiger partial charge in [-0.05, 0) is 24.8 Å². The van der Waals surface area contributed by atoms with Crippen molar-refractivity contribution in [1.29, 1.82) is 0 Å². The summed E-state index contributed by atoms with van der Waals surface area (Å²) >= 11 is 1.60. The normalized spacial score (nSPS) is 13.0. The Morgan fingerprint density at radius 2 is 2.07 bits per heavy atom. The van der Waals surface area contributed by atoms with Gasteiger partial charge in [0.1, 0.15) is 5.01 Å². The van der Waals surface area contributed by atoms with Crippen molar-refractivity contribution in [2.75, 3.05) is 11.9 Å². The summed E-state index contributed by atoms with van der Waals surface area (Å²) in [5.74, 6) is 0. The Bertz CT molecular complexity index is 347. The van der Waals surface area contributed by atoms with E-state index >= 15 is 0 Å². The van der Waals surface area contributed by atoms with E-state index in [2.05, 4.69) is 36.3 Å². The fraction of sp³-hybridized carbons (Fsp3) is 0.636. The molecule has 0 fully saturated rings. The van der Waals surface area contributed by atoms with Gasteiger partial charge < -0.3 is 5.32 Å². The van der Waals surface area contributed by atoms with Gasteiger partial charge in [0.25, 0.3) is 0 Å². The Morgan fingerprint density at radius 3 is 2.60 bits per heavy atom. The molecule has 0 aliphatic carbocycles. The predicted molar refractivity (Wildman–Crippen MR) is 67.2 cm³/mol. The molecule has 0 atom stereocenters. The van der Waals surface area contributed by atoms with Crippen LogP contribution >= 0.6 is 11.3 Å². The largest absolute Gasteiger partial charge is 0.360 e. The summed E-state index contributed by atoms with van der Waals surface area (Å²) in [7, 11) is 0. The third kappa shape index (κ3) is 4.00. The number of nitrogens with one attached hydrogen (secondary N) is 1. The van der Waals surface area contributed by atoms with Crippen molar-refractivity contribution in [3.8, 4) is 0 Å². The molecule has 0 saturated heterocycles. The SMILES string of the molecule is C/C=C(\C)c1nnc(NCC(C)(C)C)s1. The molecule has 0 radical (unpaired) electrons. The van der Waals surface area contributed by atoms with Crippen molar-refractivity contribution < 1.29 is 0 Å². The lowest BCUT2D eigenvalue weighted by molar-refractivity contribution is 0.443. The highest BCUT2D eigenvalue weighted by molar-refractivity contribution is 7.16. The number of rotatable bonds is 3. The van der Waals surface area contributed by atoms with E-state index in [1.165, 1.54) is 5.57 Å². The smallest absolute Gasteiger partial charge is 0.206 e. The maximum atomic E-state index is 4.13. The minimum absolute atomic E-state index is 0.265. The van der Waals surface area contributed by atoms with E-state index in [-0.39, 0.29) is 5.41 Å². The molecule has 0 aromatic carbocycles. The summed E-state index contributed by atoms with van der Waals surface area (Å²) in [4.78, 5) is 0. The molecule has 1 aromatic heterocycles. The van der Waals surface area contributed by atoms with Gasteiger partial charge in [-0.1, -0.05) is 38.2 Å². The second kappa shape index (κ2) is 4.75. The molecular weight excluding hydrogens is 206 g/mol. The quantitative estimate of drug-likeness (QED) is 0.856. The van der Waals surface area contributed by atoms with Crippen molar-refractivity contribution in [2.24, 2.45) is 5.41 Å². The van der Waals surface area contributed by atoms with Crippen LogP contribution in [0.5, 0.6) is 0 Å². The van der Waals surface area contributed by atoms with Gasteiger partial charge in [-0.3, -0.25) is 0 Å². The van der Waals surface area contributed by atoms with Gasteiger partial charge in [-0.25, -0.2) is 0 Å². The summed E-state index contributed by atoms with van der Waals surface area (Å²) in [6, 6.07) is 0. The fourth-order valence-electron chi connectivity index (χ4n) is 0.918. The zero-order chi connectivity index (χ0) is 11.5. The zero-order valence-corrected chi connectivity index (χ0v) is 10.9. The lowest BCUT2D eigenvalue weighted by Crippen LogP contribution is -2.18. The highest BCUT2D eigenvalue weighted by Gasteiger charge is 2.11. The zero-order valence-electron chi connectivity index (χ0n) is 10.1. The van der Waals surface area contributed by atoms with Crippen LogP contribution in [0.15, 0.2) is 6.08 Å². The molecular formula is C11H19N3S. The first-order valence-corrected chi connectivity index (χ1v) is 5.95. The number of hydrogen-bond acceptors (Lipinski definition) is 4. The van der Waals surface area contributed by atoms with Gasteiger partial charge in [0, 0.05) is 6.54 Å². The molecule has 1 N–H and O–H groups in total. The molecule has 0 saturated carbocycles. The fourth-order valence-corrected chi connectivity index (χ4v) is 1.69. The number of aromatic nitrogens is 2. The van der Waals surface area contributed by atoms with Crippen LogP contribution in [0.3, 0.4) is 0 Å². The minimum atomic E-state index is 0.265. The maximum Gasteiger partial charge on any atom is 0.206 e. The third-order valence-corrected chi connectivity index (χ3v) is 2.98. The first-order valence-electron chi connectivity index (χ1n) is 5.13. The van der Waals surface area contributed by atoms with Crippen molar-refractivity contribution in [3.05, 3.63) is 11.1 Å². The van der Waals surface area contributed by atoms with Crippen LogP contribution in [-0.4, -0.2) is 16.7 Å². The Kier molecular flexibility index (Phi) is 3.85. The second-order valence-corrected chi connectivity index (χ2v) is 5.78. The Balaban J connectivity index is 2.61. The molecule has 0 spiro atoms. The Morgan fingerprint density at radius 1 is 1.40 bits per heavy atom. The second-order valence-electron chi connectivity index (χ2n) is 4.80. The van der Waals surface area contributed by atoms with Crippen LogP contribution in [0, 0.1) is 5.41 Å². The molecule has 1 heterocycles. The monoisotopic (exact) mass is 225 g/mol. The number of nitrogens with zero attached hydrogens (tertiary/aromatic N) is 2. The van der Waals surface area contributed by atoms with Crippen LogP contribution in [0.2, 0.25) is 0 Å². The van der Waals surface area contributed by atoms with Crippen LogP contribution in [0.25, 0.3) is 5.57 Å². The average molecular weight is 225 g/mol. The lowest BCUT2D eigenvalue weighted by Gasteiger charge is -2.17. The predicted octanol–water partition coefficient (Wildman–Crippen LogP) is 3.42. The third-order valence-electron chi connectivity index (χ3n) is 1.97. The maximum absolute atomic E-state index is 4.13. The standard InChI is InChI=1S/C11H19N3S/c1-6-8(2)9-13-14-10(15-9)12-7-11(3,4)5/h6H,7H2,1-5H3,(H,12,14)/b8-6+. The van der Waals surface area contributed by atoms with E-state index in [1.54, 1.807) is 11.3 Å². The summed E-state index contributed by atoms with van der Waals surface area (Å²) in [5.41, 5.74) is 1.44. The summed E-state index contributed by atoms with van der Waals surface area (Å²) in [5, 5.41) is 13.4. The topological polar surface area (TPSA) is 37.8 Å².